The molecule has 0 spiro atoms. The van der Waals surface area contributed by atoms with Crippen LogP contribution >= 0.6 is 11.8 Å². The van der Waals surface area contributed by atoms with E-state index in [1.54, 1.807) is 10.6 Å². The minimum atomic E-state index is 0.474. The van der Waals surface area contributed by atoms with E-state index in [0.717, 1.165) is 11.6 Å². The average molecular weight is 215 g/mol. The second kappa shape index (κ2) is 3.98. The Balaban J connectivity index is 2.19. The maximum absolute atomic E-state index is 5.84. The molecule has 0 amide bonds. The molecule has 2 heterocycles. The lowest BCUT2D eigenvalue weighted by atomic mass is 10.5. The normalized spacial score (nSPS) is 14.6. The van der Waals surface area contributed by atoms with Crippen molar-refractivity contribution < 1.29 is 4.74 Å². The zero-order chi connectivity index (χ0) is 9.97. The molecule has 5 nitrogen and oxygen atoms in total. The van der Waals surface area contributed by atoms with Crippen molar-refractivity contribution in [3.63, 3.8) is 0 Å². The summed E-state index contributed by atoms with van der Waals surface area (Å²) < 4.78 is 8.74. The van der Waals surface area contributed by atoms with Gasteiger partial charge in [0, 0.05) is 30.7 Å². The summed E-state index contributed by atoms with van der Waals surface area (Å²) in [5, 5.41) is 8.03. The first-order valence-electron chi connectivity index (χ1n) is 4.41. The summed E-state index contributed by atoms with van der Waals surface area (Å²) in [6.45, 7) is 3.65. The lowest BCUT2D eigenvalue weighted by Gasteiger charge is -2.17. The van der Waals surface area contributed by atoms with E-state index in [-0.39, 0.29) is 0 Å². The van der Waals surface area contributed by atoms with Crippen LogP contribution in [0, 0.1) is 0 Å². The quantitative estimate of drug-likeness (QED) is 0.710. The number of aromatic nitrogens is 3. The largest absolute Gasteiger partial charge is 0.374 e. The van der Waals surface area contributed by atoms with E-state index >= 15 is 0 Å². The SMILES string of the molecule is CCOCc1nnc2n1CN(Cl)C=C2. The topological polar surface area (TPSA) is 43.2 Å². The highest BCUT2D eigenvalue weighted by Crippen LogP contribution is 2.14. The van der Waals surface area contributed by atoms with Gasteiger partial charge in [-0.05, 0) is 6.92 Å². The molecular formula is C8H11ClN4O. The second-order valence-corrected chi connectivity index (χ2v) is 3.33. The zero-order valence-electron chi connectivity index (χ0n) is 7.85. The van der Waals surface area contributed by atoms with Crippen molar-refractivity contribution in [3.8, 4) is 0 Å². The van der Waals surface area contributed by atoms with Crippen LogP contribution in [0.25, 0.3) is 6.08 Å². The highest BCUT2D eigenvalue weighted by molar-refractivity contribution is 6.14. The molecule has 0 bridgehead atoms. The fraction of sp³-hybridized carbons (Fsp3) is 0.500. The Labute approximate surface area is 87.0 Å². The van der Waals surface area contributed by atoms with Crippen molar-refractivity contribution in [2.75, 3.05) is 6.61 Å². The van der Waals surface area contributed by atoms with Crippen LogP contribution in [0.15, 0.2) is 6.20 Å². The van der Waals surface area contributed by atoms with E-state index in [9.17, 15) is 0 Å². The van der Waals surface area contributed by atoms with Gasteiger partial charge in [0.2, 0.25) is 0 Å². The van der Waals surface area contributed by atoms with Gasteiger partial charge in [-0.2, -0.15) is 0 Å². The third kappa shape index (κ3) is 1.73. The van der Waals surface area contributed by atoms with E-state index in [0.29, 0.717) is 19.9 Å². The monoisotopic (exact) mass is 214 g/mol. The van der Waals surface area contributed by atoms with E-state index in [1.165, 1.54) is 0 Å². The summed E-state index contributed by atoms with van der Waals surface area (Å²) in [5.41, 5.74) is 0. The lowest BCUT2D eigenvalue weighted by Crippen LogP contribution is -2.18. The molecule has 0 saturated carbocycles. The molecule has 1 aliphatic rings. The van der Waals surface area contributed by atoms with Gasteiger partial charge >= 0.3 is 0 Å². The molecule has 1 aromatic rings. The Hall–Kier alpha value is -1.07. The molecule has 14 heavy (non-hydrogen) atoms. The van der Waals surface area contributed by atoms with Crippen LogP contribution in [-0.2, 0) is 18.0 Å². The van der Waals surface area contributed by atoms with Gasteiger partial charge in [-0.15, -0.1) is 10.2 Å². The molecule has 0 unspecified atom stereocenters. The number of hydrogen-bond donors (Lipinski definition) is 0. The first kappa shape index (κ1) is 9.48. The molecule has 1 aliphatic heterocycles. The molecule has 76 valence electrons. The van der Waals surface area contributed by atoms with E-state index in [1.807, 2.05) is 17.6 Å². The highest BCUT2D eigenvalue weighted by atomic mass is 35.5. The van der Waals surface area contributed by atoms with Gasteiger partial charge in [-0.25, -0.2) is 0 Å². The fourth-order valence-electron chi connectivity index (χ4n) is 1.26. The number of ether oxygens (including phenoxy) is 1. The number of rotatable bonds is 3. The van der Waals surface area contributed by atoms with Crippen LogP contribution in [0.3, 0.4) is 0 Å². The van der Waals surface area contributed by atoms with Crippen LogP contribution in [0.4, 0.5) is 0 Å². The van der Waals surface area contributed by atoms with Gasteiger partial charge < -0.3 is 4.74 Å². The molecule has 0 saturated heterocycles. The van der Waals surface area contributed by atoms with Gasteiger partial charge in [0.15, 0.2) is 11.6 Å². The van der Waals surface area contributed by atoms with Gasteiger partial charge in [-0.3, -0.25) is 8.99 Å². The van der Waals surface area contributed by atoms with Crippen LogP contribution in [0.5, 0.6) is 0 Å². The summed E-state index contributed by atoms with van der Waals surface area (Å²) in [7, 11) is 0. The third-order valence-electron chi connectivity index (χ3n) is 1.95. The zero-order valence-corrected chi connectivity index (χ0v) is 8.61. The minimum absolute atomic E-state index is 0.474. The smallest absolute Gasteiger partial charge is 0.160 e. The third-order valence-corrected chi connectivity index (χ3v) is 2.17. The molecule has 6 heteroatoms. The highest BCUT2D eigenvalue weighted by Gasteiger charge is 2.14. The molecule has 0 N–H and O–H groups in total. The number of fused-ring (bicyclic) bond motifs is 1. The molecule has 0 aromatic carbocycles. The summed E-state index contributed by atoms with van der Waals surface area (Å²) in [6, 6.07) is 0. The fourth-order valence-corrected chi connectivity index (χ4v) is 1.42. The van der Waals surface area contributed by atoms with E-state index < -0.39 is 0 Å². The standard InChI is InChI=1S/C8H11ClN4O/c1-2-14-5-8-11-10-7-3-4-12(9)6-13(7)8/h3-4H,2,5-6H2,1H3. The first-order valence-corrected chi connectivity index (χ1v) is 4.75. The molecular weight excluding hydrogens is 204 g/mol. The summed E-state index contributed by atoms with van der Waals surface area (Å²) in [5.74, 6) is 1.62. The number of halogens is 1. The van der Waals surface area contributed by atoms with Gasteiger partial charge in [-0.1, -0.05) is 0 Å². The van der Waals surface area contributed by atoms with Gasteiger partial charge in [0.05, 0.1) is 0 Å². The van der Waals surface area contributed by atoms with E-state index in [4.69, 9.17) is 16.5 Å². The number of hydrogen-bond acceptors (Lipinski definition) is 4. The van der Waals surface area contributed by atoms with Crippen molar-refractivity contribution >= 4 is 17.9 Å². The summed E-state index contributed by atoms with van der Waals surface area (Å²) in [4.78, 5) is 0. The summed E-state index contributed by atoms with van der Waals surface area (Å²) >= 11 is 5.84. The maximum Gasteiger partial charge on any atom is 0.160 e. The van der Waals surface area contributed by atoms with E-state index in [2.05, 4.69) is 10.2 Å². The van der Waals surface area contributed by atoms with Crippen molar-refractivity contribution in [1.82, 2.24) is 19.2 Å². The summed E-state index contributed by atoms with van der Waals surface area (Å²) in [6.07, 6.45) is 3.58. The second-order valence-electron chi connectivity index (χ2n) is 2.90. The van der Waals surface area contributed by atoms with Crippen LogP contribution in [0.1, 0.15) is 18.6 Å². The van der Waals surface area contributed by atoms with Crippen LogP contribution < -0.4 is 0 Å². The maximum atomic E-state index is 5.84. The predicted octanol–water partition coefficient (Wildman–Crippen LogP) is 1.21. The molecule has 0 radical (unpaired) electrons. The van der Waals surface area contributed by atoms with Crippen molar-refractivity contribution in [2.45, 2.75) is 20.2 Å². The van der Waals surface area contributed by atoms with Crippen LogP contribution in [-0.4, -0.2) is 25.8 Å². The number of nitrogens with zero attached hydrogens (tertiary/aromatic N) is 4. The predicted molar refractivity (Wildman–Crippen MR) is 52.1 cm³/mol. The molecule has 1 aromatic heterocycles. The Bertz CT molecular complexity index is 349. The molecule has 0 aliphatic carbocycles. The van der Waals surface area contributed by atoms with Crippen LogP contribution in [0.2, 0.25) is 0 Å². The van der Waals surface area contributed by atoms with Crippen molar-refractivity contribution in [3.05, 3.63) is 17.8 Å². The molecule has 0 atom stereocenters. The lowest BCUT2D eigenvalue weighted by molar-refractivity contribution is 0.124. The first-order chi connectivity index (χ1) is 6.81. The Morgan fingerprint density at radius 2 is 2.43 bits per heavy atom. The minimum Gasteiger partial charge on any atom is -0.374 e. The van der Waals surface area contributed by atoms with Crippen molar-refractivity contribution in [2.24, 2.45) is 0 Å². The average Bonchev–Trinajstić information content (AvgIpc) is 2.57. The molecule has 2 rings (SSSR count). The molecule has 0 fully saturated rings. The van der Waals surface area contributed by atoms with Gasteiger partial charge in [0.1, 0.15) is 13.3 Å². The Morgan fingerprint density at radius 1 is 1.57 bits per heavy atom. The van der Waals surface area contributed by atoms with Crippen molar-refractivity contribution in [1.29, 1.82) is 0 Å². The Kier molecular flexibility index (Phi) is 2.69. The Morgan fingerprint density at radius 3 is 3.21 bits per heavy atom. The van der Waals surface area contributed by atoms with Gasteiger partial charge in [0.25, 0.3) is 0 Å².